The molecule has 0 saturated carbocycles. The summed E-state index contributed by atoms with van der Waals surface area (Å²) in [5.41, 5.74) is 8.71. The highest BCUT2D eigenvalue weighted by molar-refractivity contribution is 7.14. The van der Waals surface area contributed by atoms with Crippen LogP contribution in [0.25, 0.3) is 11.3 Å². The van der Waals surface area contributed by atoms with Gasteiger partial charge in [-0.05, 0) is 12.5 Å². The van der Waals surface area contributed by atoms with E-state index in [2.05, 4.69) is 10.3 Å². The minimum absolute atomic E-state index is 0.182. The SMILES string of the molecule is COCC(N)C(=O)Nc1nc(-c2ccccc2C)cs1. The lowest BCUT2D eigenvalue weighted by Gasteiger charge is -2.08. The molecule has 1 atom stereocenters. The summed E-state index contributed by atoms with van der Waals surface area (Å²) >= 11 is 1.38. The number of carbonyl (C=O) groups excluding carboxylic acids is 1. The Morgan fingerprint density at radius 1 is 1.50 bits per heavy atom. The maximum absolute atomic E-state index is 11.8. The minimum atomic E-state index is -0.689. The number of nitrogens with zero attached hydrogens (tertiary/aromatic N) is 1. The molecule has 1 amide bonds. The lowest BCUT2D eigenvalue weighted by Crippen LogP contribution is -2.39. The molecule has 1 aromatic carbocycles. The number of hydrogen-bond donors (Lipinski definition) is 2. The molecule has 1 aromatic heterocycles. The third-order valence-corrected chi connectivity index (χ3v) is 3.60. The second-order valence-corrected chi connectivity index (χ2v) is 5.26. The lowest BCUT2D eigenvalue weighted by molar-refractivity contribution is -0.118. The van der Waals surface area contributed by atoms with Gasteiger partial charge in [0.1, 0.15) is 6.04 Å². The van der Waals surface area contributed by atoms with Crippen LogP contribution in [0.4, 0.5) is 5.13 Å². The first-order valence-electron chi connectivity index (χ1n) is 6.18. The molecule has 6 heteroatoms. The quantitative estimate of drug-likeness (QED) is 0.883. The average Bonchev–Trinajstić information content (AvgIpc) is 2.87. The number of hydrogen-bond acceptors (Lipinski definition) is 5. The summed E-state index contributed by atoms with van der Waals surface area (Å²) in [6.45, 7) is 2.21. The summed E-state index contributed by atoms with van der Waals surface area (Å²) in [6.07, 6.45) is 0. The van der Waals surface area contributed by atoms with Gasteiger partial charge >= 0.3 is 0 Å². The molecular weight excluding hydrogens is 274 g/mol. The van der Waals surface area contributed by atoms with E-state index < -0.39 is 6.04 Å². The van der Waals surface area contributed by atoms with Gasteiger partial charge < -0.3 is 15.8 Å². The number of aromatic nitrogens is 1. The summed E-state index contributed by atoms with van der Waals surface area (Å²) in [7, 11) is 1.51. The van der Waals surface area contributed by atoms with E-state index in [0.717, 1.165) is 16.8 Å². The number of benzene rings is 1. The largest absolute Gasteiger partial charge is 0.383 e. The van der Waals surface area contributed by atoms with Gasteiger partial charge in [-0.2, -0.15) is 0 Å². The fourth-order valence-electron chi connectivity index (χ4n) is 1.77. The Morgan fingerprint density at radius 2 is 2.25 bits per heavy atom. The highest BCUT2D eigenvalue weighted by Crippen LogP contribution is 2.27. The van der Waals surface area contributed by atoms with E-state index in [0.29, 0.717) is 5.13 Å². The Hall–Kier alpha value is -1.76. The smallest absolute Gasteiger partial charge is 0.245 e. The number of rotatable bonds is 5. The van der Waals surface area contributed by atoms with Crippen LogP contribution in [0.15, 0.2) is 29.6 Å². The first-order chi connectivity index (χ1) is 9.61. The maximum atomic E-state index is 11.8. The number of ether oxygens (including phenoxy) is 1. The number of nitrogens with one attached hydrogen (secondary N) is 1. The molecule has 0 spiro atoms. The van der Waals surface area contributed by atoms with E-state index in [4.69, 9.17) is 10.5 Å². The van der Waals surface area contributed by atoms with Crippen molar-refractivity contribution in [3.63, 3.8) is 0 Å². The van der Waals surface area contributed by atoms with E-state index in [1.807, 2.05) is 36.6 Å². The Bertz CT molecular complexity index is 598. The van der Waals surface area contributed by atoms with Crippen molar-refractivity contribution < 1.29 is 9.53 Å². The van der Waals surface area contributed by atoms with Gasteiger partial charge in [0.05, 0.1) is 12.3 Å². The van der Waals surface area contributed by atoms with Crippen LogP contribution in [0, 0.1) is 6.92 Å². The van der Waals surface area contributed by atoms with E-state index in [-0.39, 0.29) is 12.5 Å². The molecule has 2 aromatic rings. The van der Waals surface area contributed by atoms with Crippen LogP contribution in [0.3, 0.4) is 0 Å². The molecule has 1 unspecified atom stereocenters. The van der Waals surface area contributed by atoms with Gasteiger partial charge in [-0.3, -0.25) is 4.79 Å². The van der Waals surface area contributed by atoms with Crippen molar-refractivity contribution in [1.82, 2.24) is 4.98 Å². The first kappa shape index (κ1) is 14.6. The van der Waals surface area contributed by atoms with Gasteiger partial charge in [0.25, 0.3) is 0 Å². The predicted molar refractivity (Wildman–Crippen MR) is 80.8 cm³/mol. The normalized spacial score (nSPS) is 12.2. The molecule has 0 saturated heterocycles. The second kappa shape index (κ2) is 6.60. The van der Waals surface area contributed by atoms with Crippen molar-refractivity contribution in [2.45, 2.75) is 13.0 Å². The Labute approximate surface area is 121 Å². The molecule has 1 heterocycles. The number of carbonyl (C=O) groups is 1. The topological polar surface area (TPSA) is 77.2 Å². The number of anilines is 1. The van der Waals surface area contributed by atoms with Crippen LogP contribution in [0.1, 0.15) is 5.56 Å². The molecule has 0 radical (unpaired) electrons. The predicted octanol–water partition coefficient (Wildman–Crippen LogP) is 2.03. The van der Waals surface area contributed by atoms with Crippen molar-refractivity contribution in [3.8, 4) is 11.3 Å². The molecule has 20 heavy (non-hydrogen) atoms. The van der Waals surface area contributed by atoms with Crippen LogP contribution >= 0.6 is 11.3 Å². The number of aryl methyl sites for hydroxylation is 1. The van der Waals surface area contributed by atoms with Crippen LogP contribution in [-0.4, -0.2) is 30.6 Å². The van der Waals surface area contributed by atoms with Crippen LogP contribution < -0.4 is 11.1 Å². The molecule has 0 bridgehead atoms. The highest BCUT2D eigenvalue weighted by Gasteiger charge is 2.15. The van der Waals surface area contributed by atoms with Gasteiger partial charge in [-0.1, -0.05) is 24.3 Å². The standard InChI is InChI=1S/C14H17N3O2S/c1-9-5-3-4-6-10(9)12-8-20-14(16-12)17-13(18)11(15)7-19-2/h3-6,8,11H,7,15H2,1-2H3,(H,16,17,18). The summed E-state index contributed by atoms with van der Waals surface area (Å²) in [5.74, 6) is -0.294. The van der Waals surface area contributed by atoms with Crippen molar-refractivity contribution in [2.75, 3.05) is 19.0 Å². The summed E-state index contributed by atoms with van der Waals surface area (Å²) in [6, 6.07) is 7.30. The summed E-state index contributed by atoms with van der Waals surface area (Å²) in [4.78, 5) is 16.2. The number of nitrogens with two attached hydrogens (primary N) is 1. The average molecular weight is 291 g/mol. The zero-order valence-corrected chi connectivity index (χ0v) is 12.2. The molecule has 2 rings (SSSR count). The van der Waals surface area contributed by atoms with Gasteiger partial charge in [0.2, 0.25) is 5.91 Å². The van der Waals surface area contributed by atoms with Crippen molar-refractivity contribution in [1.29, 1.82) is 0 Å². The molecule has 0 aliphatic rings. The van der Waals surface area contributed by atoms with Crippen LogP contribution in [0.5, 0.6) is 0 Å². The van der Waals surface area contributed by atoms with Crippen LogP contribution in [0.2, 0.25) is 0 Å². The zero-order valence-electron chi connectivity index (χ0n) is 11.4. The number of amides is 1. The Kier molecular flexibility index (Phi) is 4.84. The summed E-state index contributed by atoms with van der Waals surface area (Å²) < 4.78 is 4.85. The molecule has 0 aliphatic heterocycles. The Balaban J connectivity index is 2.10. The zero-order chi connectivity index (χ0) is 14.5. The van der Waals surface area contributed by atoms with E-state index in [9.17, 15) is 4.79 Å². The first-order valence-corrected chi connectivity index (χ1v) is 7.06. The third kappa shape index (κ3) is 3.41. The summed E-state index contributed by atoms with van der Waals surface area (Å²) in [5, 5.41) is 5.16. The van der Waals surface area contributed by atoms with Gasteiger partial charge in [-0.25, -0.2) is 4.98 Å². The van der Waals surface area contributed by atoms with E-state index >= 15 is 0 Å². The molecular formula is C14H17N3O2S. The number of thiazole rings is 1. The van der Waals surface area contributed by atoms with Crippen molar-refractivity contribution in [3.05, 3.63) is 35.2 Å². The van der Waals surface area contributed by atoms with Crippen molar-refractivity contribution >= 4 is 22.4 Å². The molecule has 0 aliphatic carbocycles. The second-order valence-electron chi connectivity index (χ2n) is 4.40. The Morgan fingerprint density at radius 3 is 2.95 bits per heavy atom. The minimum Gasteiger partial charge on any atom is -0.383 e. The van der Waals surface area contributed by atoms with Crippen molar-refractivity contribution in [2.24, 2.45) is 5.73 Å². The fraction of sp³-hybridized carbons (Fsp3) is 0.286. The lowest BCUT2D eigenvalue weighted by atomic mass is 10.1. The maximum Gasteiger partial charge on any atom is 0.245 e. The van der Waals surface area contributed by atoms with Crippen LogP contribution in [-0.2, 0) is 9.53 Å². The molecule has 106 valence electrons. The van der Waals surface area contributed by atoms with Gasteiger partial charge in [0, 0.05) is 18.1 Å². The molecule has 3 N–H and O–H groups in total. The van der Waals surface area contributed by atoms with E-state index in [1.165, 1.54) is 18.4 Å². The van der Waals surface area contributed by atoms with E-state index in [1.54, 1.807) is 0 Å². The third-order valence-electron chi connectivity index (χ3n) is 2.84. The molecule has 5 nitrogen and oxygen atoms in total. The van der Waals surface area contributed by atoms with Gasteiger partial charge in [-0.15, -0.1) is 11.3 Å². The van der Waals surface area contributed by atoms with Gasteiger partial charge in [0.15, 0.2) is 5.13 Å². The number of methoxy groups -OCH3 is 1. The monoisotopic (exact) mass is 291 g/mol. The highest BCUT2D eigenvalue weighted by atomic mass is 32.1. The molecule has 0 fully saturated rings. The fourth-order valence-corrected chi connectivity index (χ4v) is 2.48.